The molecule has 0 bridgehead atoms. The van der Waals surface area contributed by atoms with E-state index in [-0.39, 0.29) is 0 Å². The normalized spacial score (nSPS) is 19.3. The lowest BCUT2D eigenvalue weighted by molar-refractivity contribution is 0.345. The maximum Gasteiger partial charge on any atom is 0.134 e. The Balaban J connectivity index is 1.99. The van der Waals surface area contributed by atoms with Gasteiger partial charge in [0.1, 0.15) is 17.5 Å². The van der Waals surface area contributed by atoms with Gasteiger partial charge in [-0.1, -0.05) is 6.92 Å². The van der Waals surface area contributed by atoms with E-state index in [0.29, 0.717) is 0 Å². The molecule has 0 saturated carbocycles. The molecular formula is C15H27N5. The Morgan fingerprint density at radius 3 is 2.45 bits per heavy atom. The van der Waals surface area contributed by atoms with Gasteiger partial charge in [-0.15, -0.1) is 0 Å². The van der Waals surface area contributed by atoms with Crippen LogP contribution >= 0.6 is 0 Å². The summed E-state index contributed by atoms with van der Waals surface area (Å²) >= 11 is 0. The molecule has 1 aromatic heterocycles. The van der Waals surface area contributed by atoms with Crippen LogP contribution in [0.4, 0.5) is 11.6 Å². The Kier molecular flexibility index (Phi) is 5.17. The number of hydrogen-bond acceptors (Lipinski definition) is 5. The molecule has 2 rings (SSSR count). The highest BCUT2D eigenvalue weighted by atomic mass is 15.2. The largest absolute Gasteiger partial charge is 0.370 e. The van der Waals surface area contributed by atoms with Crippen LogP contribution < -0.4 is 10.6 Å². The van der Waals surface area contributed by atoms with Crippen LogP contribution in [0.5, 0.6) is 0 Å². The molecule has 5 heteroatoms. The van der Waals surface area contributed by atoms with E-state index in [2.05, 4.69) is 46.3 Å². The summed E-state index contributed by atoms with van der Waals surface area (Å²) in [7, 11) is 0. The average Bonchev–Trinajstić information content (AvgIpc) is 2.89. The second kappa shape index (κ2) is 6.88. The molecule has 112 valence electrons. The first kappa shape index (κ1) is 15.0. The van der Waals surface area contributed by atoms with Gasteiger partial charge in [0.2, 0.25) is 0 Å². The van der Waals surface area contributed by atoms with Gasteiger partial charge in [-0.3, -0.25) is 0 Å². The molecule has 5 nitrogen and oxygen atoms in total. The minimum atomic E-state index is 0.729. The number of nitrogens with one attached hydrogen (secondary N) is 2. The van der Waals surface area contributed by atoms with Crippen LogP contribution in [0.15, 0.2) is 0 Å². The predicted octanol–water partition coefficient (Wildman–Crippen LogP) is 2.28. The smallest absolute Gasteiger partial charge is 0.134 e. The zero-order chi connectivity index (χ0) is 14.5. The van der Waals surface area contributed by atoms with Gasteiger partial charge in [0.25, 0.3) is 0 Å². The molecular weight excluding hydrogens is 250 g/mol. The van der Waals surface area contributed by atoms with Crippen molar-refractivity contribution < 1.29 is 0 Å². The maximum absolute atomic E-state index is 4.54. The van der Waals surface area contributed by atoms with Crippen LogP contribution in [-0.2, 0) is 0 Å². The minimum Gasteiger partial charge on any atom is -0.370 e. The number of nitrogens with zero attached hydrogens (tertiary/aromatic N) is 3. The van der Waals surface area contributed by atoms with E-state index in [4.69, 9.17) is 0 Å². The zero-order valence-electron chi connectivity index (χ0n) is 13.2. The van der Waals surface area contributed by atoms with E-state index in [9.17, 15) is 0 Å². The monoisotopic (exact) mass is 277 g/mol. The topological polar surface area (TPSA) is 53.1 Å². The number of rotatable bonds is 6. The summed E-state index contributed by atoms with van der Waals surface area (Å²) in [5.41, 5.74) is 1.11. The highest BCUT2D eigenvalue weighted by Gasteiger charge is 2.21. The van der Waals surface area contributed by atoms with Crippen LogP contribution in [-0.4, -0.2) is 47.6 Å². The Hall–Kier alpha value is -1.36. The van der Waals surface area contributed by atoms with Gasteiger partial charge in [0.05, 0.1) is 0 Å². The molecule has 1 aromatic rings. The van der Waals surface area contributed by atoms with Crippen LogP contribution in [0.2, 0.25) is 0 Å². The van der Waals surface area contributed by atoms with Crippen LogP contribution in [0.1, 0.15) is 31.7 Å². The van der Waals surface area contributed by atoms with E-state index in [1.54, 1.807) is 0 Å². The van der Waals surface area contributed by atoms with Crippen molar-refractivity contribution in [1.82, 2.24) is 14.9 Å². The Morgan fingerprint density at radius 2 is 1.85 bits per heavy atom. The van der Waals surface area contributed by atoms with Crippen molar-refractivity contribution in [2.75, 3.05) is 43.4 Å². The third-order valence-electron chi connectivity index (χ3n) is 3.98. The molecule has 0 amide bonds. The Labute approximate surface area is 122 Å². The summed E-state index contributed by atoms with van der Waals surface area (Å²) in [5, 5.41) is 6.82. The second-order valence-electron chi connectivity index (χ2n) is 5.55. The number of anilines is 2. The van der Waals surface area contributed by atoms with E-state index >= 15 is 0 Å². The lowest BCUT2D eigenvalue weighted by Gasteiger charge is -2.16. The van der Waals surface area contributed by atoms with Gasteiger partial charge in [-0.2, -0.15) is 0 Å². The lowest BCUT2D eigenvalue weighted by atomic mass is 10.1. The highest BCUT2D eigenvalue weighted by molar-refractivity contribution is 5.57. The number of aromatic nitrogens is 2. The van der Waals surface area contributed by atoms with Gasteiger partial charge in [-0.25, -0.2) is 9.97 Å². The highest BCUT2D eigenvalue weighted by Crippen LogP contribution is 2.21. The van der Waals surface area contributed by atoms with Gasteiger partial charge in [0.15, 0.2) is 0 Å². The summed E-state index contributed by atoms with van der Waals surface area (Å²) in [4.78, 5) is 11.5. The van der Waals surface area contributed by atoms with Gasteiger partial charge in [0, 0.05) is 25.2 Å². The van der Waals surface area contributed by atoms with Crippen LogP contribution in [0.25, 0.3) is 0 Å². The summed E-state index contributed by atoms with van der Waals surface area (Å²) in [6, 6.07) is 0. The fourth-order valence-electron chi connectivity index (χ4n) is 2.75. The average molecular weight is 277 g/mol. The number of hydrogen-bond donors (Lipinski definition) is 2. The van der Waals surface area contributed by atoms with Crippen LogP contribution in [0, 0.1) is 19.8 Å². The SMILES string of the molecule is CCNc1nc(C)nc(NCC2CCN(CC)C2)c1C. The second-order valence-corrected chi connectivity index (χ2v) is 5.55. The summed E-state index contributed by atoms with van der Waals surface area (Å²) in [5.74, 6) is 3.47. The van der Waals surface area contributed by atoms with Crippen molar-refractivity contribution in [2.24, 2.45) is 5.92 Å². The molecule has 1 saturated heterocycles. The lowest BCUT2D eigenvalue weighted by Crippen LogP contribution is -2.23. The van der Waals surface area contributed by atoms with Gasteiger partial charge in [-0.05, 0) is 46.2 Å². The molecule has 0 aliphatic carbocycles. The third-order valence-corrected chi connectivity index (χ3v) is 3.98. The molecule has 1 aliphatic rings. The van der Waals surface area contributed by atoms with Crippen molar-refractivity contribution in [3.63, 3.8) is 0 Å². The molecule has 1 unspecified atom stereocenters. The Morgan fingerprint density at radius 1 is 1.15 bits per heavy atom. The molecule has 0 aromatic carbocycles. The molecule has 1 fully saturated rings. The first-order chi connectivity index (χ1) is 9.63. The summed E-state index contributed by atoms with van der Waals surface area (Å²) in [6.07, 6.45) is 1.28. The van der Waals surface area contributed by atoms with Crippen LogP contribution in [0.3, 0.4) is 0 Å². The fourth-order valence-corrected chi connectivity index (χ4v) is 2.75. The molecule has 2 N–H and O–H groups in total. The number of likely N-dealkylation sites (tertiary alicyclic amines) is 1. The van der Waals surface area contributed by atoms with Crippen molar-refractivity contribution in [3.05, 3.63) is 11.4 Å². The van der Waals surface area contributed by atoms with E-state index in [1.807, 2.05) is 6.92 Å². The van der Waals surface area contributed by atoms with E-state index < -0.39 is 0 Å². The molecule has 2 heterocycles. The fraction of sp³-hybridized carbons (Fsp3) is 0.733. The molecule has 1 atom stereocenters. The van der Waals surface area contributed by atoms with Crippen molar-refractivity contribution in [3.8, 4) is 0 Å². The van der Waals surface area contributed by atoms with Crippen molar-refractivity contribution >= 4 is 11.6 Å². The molecule has 1 aliphatic heterocycles. The van der Waals surface area contributed by atoms with E-state index in [0.717, 1.165) is 48.6 Å². The molecule has 0 radical (unpaired) electrons. The van der Waals surface area contributed by atoms with Gasteiger partial charge < -0.3 is 15.5 Å². The molecule has 0 spiro atoms. The van der Waals surface area contributed by atoms with Crippen molar-refractivity contribution in [1.29, 1.82) is 0 Å². The van der Waals surface area contributed by atoms with Crippen molar-refractivity contribution in [2.45, 2.75) is 34.1 Å². The first-order valence-corrected chi connectivity index (χ1v) is 7.69. The summed E-state index contributed by atoms with van der Waals surface area (Å²) in [6.45, 7) is 13.8. The maximum atomic E-state index is 4.54. The Bertz CT molecular complexity index is 446. The minimum absolute atomic E-state index is 0.729. The van der Waals surface area contributed by atoms with E-state index in [1.165, 1.54) is 19.5 Å². The standard InChI is InChI=1S/C15H27N5/c1-5-16-14-11(3)15(19-12(4)18-14)17-9-13-7-8-20(6-2)10-13/h13H,5-10H2,1-4H3,(H2,16,17,18,19). The predicted molar refractivity (Wildman–Crippen MR) is 84.4 cm³/mol. The summed E-state index contributed by atoms with van der Waals surface area (Å²) < 4.78 is 0. The quantitative estimate of drug-likeness (QED) is 0.835. The zero-order valence-corrected chi connectivity index (χ0v) is 13.2. The molecule has 20 heavy (non-hydrogen) atoms. The number of aryl methyl sites for hydroxylation is 1. The third kappa shape index (κ3) is 3.60. The van der Waals surface area contributed by atoms with Gasteiger partial charge >= 0.3 is 0 Å². The first-order valence-electron chi connectivity index (χ1n) is 7.69.